The standard InChI is InChI=1S/C19H18BrClN4O3S2/c1-19(2)16(25(28)17(27)23-14-6-4-13(21)5-7-14)24(18(29)30-19)22-10-11-9-12(20)3-8-15(11)26/h3-10,16,26,28H,1-2H3,(H,23,27)/b22-10-/t16-/m0/s1. The number of thiocarbonyl (C=S) groups is 1. The number of aromatic hydroxyl groups is 1. The number of anilines is 1. The largest absolute Gasteiger partial charge is 0.507 e. The van der Waals surface area contributed by atoms with Crippen LogP contribution in [0.4, 0.5) is 10.5 Å². The van der Waals surface area contributed by atoms with E-state index in [-0.39, 0.29) is 5.75 Å². The number of rotatable bonds is 4. The average molecular weight is 530 g/mol. The molecule has 2 aromatic carbocycles. The van der Waals surface area contributed by atoms with Crippen molar-refractivity contribution in [3.05, 3.63) is 57.5 Å². The maximum atomic E-state index is 12.7. The molecule has 11 heteroatoms. The normalized spacial score (nSPS) is 18.1. The van der Waals surface area contributed by atoms with Gasteiger partial charge in [0.1, 0.15) is 5.75 Å². The Morgan fingerprint density at radius 1 is 1.37 bits per heavy atom. The molecule has 1 fully saturated rings. The molecule has 1 aliphatic heterocycles. The zero-order valence-corrected chi connectivity index (χ0v) is 19.9. The summed E-state index contributed by atoms with van der Waals surface area (Å²) in [6, 6.07) is 10.7. The van der Waals surface area contributed by atoms with E-state index in [0.717, 1.165) is 4.47 Å². The van der Waals surface area contributed by atoms with Crippen LogP contribution >= 0.6 is 51.5 Å². The fourth-order valence-corrected chi connectivity index (χ4v) is 5.10. The number of amides is 2. The zero-order chi connectivity index (χ0) is 22.1. The van der Waals surface area contributed by atoms with Crippen LogP contribution < -0.4 is 5.32 Å². The van der Waals surface area contributed by atoms with Gasteiger partial charge in [0.25, 0.3) is 0 Å². The lowest BCUT2D eigenvalue weighted by Crippen LogP contribution is -2.54. The van der Waals surface area contributed by atoms with E-state index in [1.165, 1.54) is 29.1 Å². The number of halogens is 2. The number of benzene rings is 2. The third kappa shape index (κ3) is 5.06. The van der Waals surface area contributed by atoms with Gasteiger partial charge in [0.05, 0.1) is 11.0 Å². The first-order valence-electron chi connectivity index (χ1n) is 8.68. The van der Waals surface area contributed by atoms with Crippen LogP contribution in [0.15, 0.2) is 52.0 Å². The molecule has 158 valence electrons. The van der Waals surface area contributed by atoms with E-state index in [0.29, 0.717) is 25.7 Å². The Hall–Kier alpha value is -1.85. The van der Waals surface area contributed by atoms with Gasteiger partial charge in [-0.3, -0.25) is 5.21 Å². The summed E-state index contributed by atoms with van der Waals surface area (Å²) < 4.78 is 0.497. The lowest BCUT2D eigenvalue weighted by molar-refractivity contribution is -0.114. The highest BCUT2D eigenvalue weighted by Gasteiger charge is 2.50. The molecular weight excluding hydrogens is 512 g/mol. The second-order valence-electron chi connectivity index (χ2n) is 6.92. The third-order valence-corrected chi connectivity index (χ3v) is 6.52. The Kier molecular flexibility index (Phi) is 6.93. The van der Waals surface area contributed by atoms with Crippen LogP contribution in [0.3, 0.4) is 0 Å². The predicted octanol–water partition coefficient (Wildman–Crippen LogP) is 5.50. The molecule has 0 spiro atoms. The summed E-state index contributed by atoms with van der Waals surface area (Å²) in [4.78, 5) is 12.7. The van der Waals surface area contributed by atoms with E-state index in [1.807, 2.05) is 13.8 Å². The van der Waals surface area contributed by atoms with Crippen molar-refractivity contribution < 1.29 is 15.1 Å². The van der Waals surface area contributed by atoms with E-state index >= 15 is 0 Å². The van der Waals surface area contributed by atoms with E-state index in [9.17, 15) is 15.1 Å². The lowest BCUT2D eigenvalue weighted by Gasteiger charge is -2.34. The van der Waals surface area contributed by atoms with Gasteiger partial charge < -0.3 is 10.4 Å². The molecule has 7 nitrogen and oxygen atoms in total. The van der Waals surface area contributed by atoms with Crippen LogP contribution in [0, 0.1) is 0 Å². The van der Waals surface area contributed by atoms with Crippen LogP contribution in [0.25, 0.3) is 0 Å². The first kappa shape index (κ1) is 22.8. The van der Waals surface area contributed by atoms with Gasteiger partial charge in [-0.05, 0) is 56.3 Å². The monoisotopic (exact) mass is 528 g/mol. The summed E-state index contributed by atoms with van der Waals surface area (Å²) >= 11 is 15.9. The van der Waals surface area contributed by atoms with Crippen molar-refractivity contribution in [2.75, 3.05) is 5.32 Å². The first-order valence-corrected chi connectivity index (χ1v) is 11.1. The van der Waals surface area contributed by atoms with Gasteiger partial charge in [0.2, 0.25) is 0 Å². The summed E-state index contributed by atoms with van der Waals surface area (Å²) in [5.74, 6) is 0.0388. The summed E-state index contributed by atoms with van der Waals surface area (Å²) in [6.07, 6.45) is 0.541. The number of urea groups is 1. The topological polar surface area (TPSA) is 88.4 Å². The van der Waals surface area contributed by atoms with E-state index < -0.39 is 16.9 Å². The van der Waals surface area contributed by atoms with Crippen LogP contribution in [0.1, 0.15) is 19.4 Å². The number of hydroxylamine groups is 2. The van der Waals surface area contributed by atoms with Gasteiger partial charge in [0, 0.05) is 20.7 Å². The molecule has 0 unspecified atom stereocenters. The molecule has 0 aliphatic carbocycles. The Morgan fingerprint density at radius 2 is 2.03 bits per heavy atom. The van der Waals surface area contributed by atoms with Gasteiger partial charge in [-0.1, -0.05) is 51.5 Å². The minimum Gasteiger partial charge on any atom is -0.507 e. The predicted molar refractivity (Wildman–Crippen MR) is 127 cm³/mol. The minimum absolute atomic E-state index is 0.0388. The summed E-state index contributed by atoms with van der Waals surface area (Å²) in [5.41, 5.74) is 0.930. The Balaban J connectivity index is 1.84. The maximum absolute atomic E-state index is 12.7. The van der Waals surface area contributed by atoms with E-state index in [2.05, 4.69) is 26.3 Å². The van der Waals surface area contributed by atoms with Gasteiger partial charge in [-0.25, -0.2) is 9.80 Å². The molecule has 2 amide bonds. The van der Waals surface area contributed by atoms with Gasteiger partial charge in [-0.2, -0.15) is 10.2 Å². The number of nitrogens with zero attached hydrogens (tertiary/aromatic N) is 3. The molecule has 0 bridgehead atoms. The van der Waals surface area contributed by atoms with Crippen LogP contribution in [0.5, 0.6) is 5.75 Å². The number of carbonyl (C=O) groups is 1. The molecule has 0 aromatic heterocycles. The van der Waals surface area contributed by atoms with Gasteiger partial charge in [0.15, 0.2) is 10.5 Å². The quantitative estimate of drug-likeness (QED) is 0.210. The zero-order valence-electron chi connectivity index (χ0n) is 15.9. The average Bonchev–Trinajstić information content (AvgIpc) is 2.91. The van der Waals surface area contributed by atoms with E-state index in [4.69, 9.17) is 23.8 Å². The van der Waals surface area contributed by atoms with Crippen molar-refractivity contribution in [1.82, 2.24) is 10.1 Å². The van der Waals surface area contributed by atoms with Crippen molar-refractivity contribution in [1.29, 1.82) is 0 Å². The van der Waals surface area contributed by atoms with Crippen molar-refractivity contribution in [3.63, 3.8) is 0 Å². The highest BCUT2D eigenvalue weighted by atomic mass is 79.9. The molecule has 0 saturated carbocycles. The highest BCUT2D eigenvalue weighted by Crippen LogP contribution is 2.42. The smallest absolute Gasteiger partial charge is 0.347 e. The third-order valence-electron chi connectivity index (χ3n) is 4.24. The SMILES string of the molecule is CC1(C)SC(=S)N(/N=C\c2cc(Br)ccc2O)[C@H]1N(O)C(=O)Nc1ccc(Cl)cc1. The second kappa shape index (κ2) is 9.11. The lowest BCUT2D eigenvalue weighted by atomic mass is 10.1. The Morgan fingerprint density at radius 3 is 2.70 bits per heavy atom. The fraction of sp³-hybridized carbons (Fsp3) is 0.211. The molecule has 3 N–H and O–H groups in total. The van der Waals surface area contributed by atoms with Crippen LogP contribution in [-0.4, -0.2) is 47.9 Å². The Labute approximate surface area is 196 Å². The number of phenols is 1. The van der Waals surface area contributed by atoms with Crippen LogP contribution in [0.2, 0.25) is 5.02 Å². The molecule has 3 rings (SSSR count). The molecule has 0 radical (unpaired) electrons. The number of hydrogen-bond donors (Lipinski definition) is 3. The second-order valence-corrected chi connectivity index (χ2v) is 10.6. The molecule has 1 aliphatic rings. The molecular formula is C19H18BrClN4O3S2. The molecule has 2 aromatic rings. The maximum Gasteiger partial charge on any atom is 0.347 e. The number of hydrogen-bond acceptors (Lipinski definition) is 6. The molecule has 1 atom stereocenters. The number of carbonyl (C=O) groups excluding carboxylic acids is 1. The molecule has 1 heterocycles. The van der Waals surface area contributed by atoms with Crippen molar-refractivity contribution in [2.45, 2.75) is 24.8 Å². The Bertz CT molecular complexity index is 1000. The molecule has 30 heavy (non-hydrogen) atoms. The minimum atomic E-state index is -0.882. The summed E-state index contributed by atoms with van der Waals surface area (Å²) in [6.45, 7) is 3.69. The van der Waals surface area contributed by atoms with Gasteiger partial charge in [-0.15, -0.1) is 0 Å². The van der Waals surface area contributed by atoms with Crippen molar-refractivity contribution in [2.24, 2.45) is 5.10 Å². The number of hydrazone groups is 1. The number of nitrogens with one attached hydrogen (secondary N) is 1. The highest BCUT2D eigenvalue weighted by molar-refractivity contribution is 9.10. The van der Waals surface area contributed by atoms with Gasteiger partial charge >= 0.3 is 6.03 Å². The summed E-state index contributed by atoms with van der Waals surface area (Å²) in [7, 11) is 0. The number of thioether (sulfide) groups is 1. The fourth-order valence-electron chi connectivity index (χ4n) is 2.81. The van der Waals surface area contributed by atoms with Crippen molar-refractivity contribution in [3.8, 4) is 5.75 Å². The first-order chi connectivity index (χ1) is 14.1. The van der Waals surface area contributed by atoms with E-state index in [1.54, 1.807) is 36.4 Å². The number of phenolic OH excluding ortho intramolecular Hbond substituents is 1. The van der Waals surface area contributed by atoms with Crippen LogP contribution in [-0.2, 0) is 0 Å². The molecule has 1 saturated heterocycles. The summed E-state index contributed by atoms with van der Waals surface area (Å²) in [5, 5.41) is 30.2. The van der Waals surface area contributed by atoms with Crippen molar-refractivity contribution >= 4 is 73.8 Å².